The van der Waals surface area contributed by atoms with Crippen LogP contribution in [0.4, 0.5) is 0 Å². The maximum Gasteiger partial charge on any atom is 0.185 e. The van der Waals surface area contributed by atoms with Crippen LogP contribution < -0.4 is 0 Å². The van der Waals surface area contributed by atoms with Crippen molar-refractivity contribution in [2.24, 2.45) is 0 Å². The molecule has 0 aliphatic heterocycles. The predicted molar refractivity (Wildman–Crippen MR) is 78.7 cm³/mol. The van der Waals surface area contributed by atoms with Gasteiger partial charge in [0.2, 0.25) is 0 Å². The fourth-order valence-electron chi connectivity index (χ4n) is 3.03. The van der Waals surface area contributed by atoms with Crippen LogP contribution in [0, 0.1) is 0 Å². The van der Waals surface area contributed by atoms with Crippen molar-refractivity contribution in [3.8, 4) is 11.3 Å². The van der Waals surface area contributed by atoms with E-state index in [2.05, 4.69) is 4.98 Å². The molecule has 0 unspecified atom stereocenters. The molecular formula is C17H13NO3. The Balaban J connectivity index is 1.87. The molecule has 1 N–H and O–H groups in total. The summed E-state index contributed by atoms with van der Waals surface area (Å²) >= 11 is 0. The number of Topliss-reactive ketones (excluding diaryl/α,β-unsaturated/α-hetero) is 1. The first kappa shape index (κ1) is 12.1. The fraction of sp³-hybridized carbons (Fsp3) is 0.176. The van der Waals surface area contributed by atoms with Crippen molar-refractivity contribution in [3.05, 3.63) is 47.3 Å². The molecule has 104 valence electrons. The molecule has 1 aliphatic carbocycles. The molecule has 1 aliphatic rings. The fourth-order valence-corrected chi connectivity index (χ4v) is 3.03. The quantitative estimate of drug-likeness (QED) is 0.726. The first-order chi connectivity index (χ1) is 10.3. The standard InChI is InChI=1S/C17H13NO3/c19-9-11-5-7-16(21-11)10-4-6-12-13-2-1-3-15(20)17(13)18-14(12)8-10/h4-9,18H,1-3H2. The first-order valence-electron chi connectivity index (χ1n) is 6.99. The van der Waals surface area contributed by atoms with E-state index >= 15 is 0 Å². The van der Waals surface area contributed by atoms with Crippen LogP contribution in [-0.2, 0) is 6.42 Å². The van der Waals surface area contributed by atoms with E-state index < -0.39 is 0 Å². The Morgan fingerprint density at radius 2 is 2.05 bits per heavy atom. The normalized spacial score (nSPS) is 14.4. The van der Waals surface area contributed by atoms with E-state index in [1.165, 1.54) is 0 Å². The summed E-state index contributed by atoms with van der Waals surface area (Å²) in [5, 5.41) is 1.10. The van der Waals surface area contributed by atoms with Gasteiger partial charge in [-0.1, -0.05) is 12.1 Å². The Morgan fingerprint density at radius 3 is 2.86 bits per heavy atom. The molecule has 0 amide bonds. The van der Waals surface area contributed by atoms with Gasteiger partial charge < -0.3 is 9.40 Å². The SMILES string of the molecule is O=Cc1ccc(-c2ccc3c4c([nH]c3c2)C(=O)CCC4)o1. The minimum absolute atomic E-state index is 0.190. The molecule has 4 heteroatoms. The third kappa shape index (κ3) is 1.83. The van der Waals surface area contributed by atoms with Crippen molar-refractivity contribution >= 4 is 23.0 Å². The molecule has 0 bridgehead atoms. The zero-order valence-corrected chi connectivity index (χ0v) is 11.3. The number of carbonyl (C=O) groups excluding carboxylic acids is 2. The number of aldehydes is 1. The second-order valence-corrected chi connectivity index (χ2v) is 5.34. The lowest BCUT2D eigenvalue weighted by molar-refractivity contribution is 0.0968. The maximum atomic E-state index is 12.0. The lowest BCUT2D eigenvalue weighted by Gasteiger charge is -2.09. The lowest BCUT2D eigenvalue weighted by Crippen LogP contribution is -2.09. The highest BCUT2D eigenvalue weighted by Gasteiger charge is 2.22. The van der Waals surface area contributed by atoms with Crippen molar-refractivity contribution in [1.29, 1.82) is 0 Å². The molecule has 0 saturated heterocycles. The number of hydrogen-bond donors (Lipinski definition) is 1. The zero-order chi connectivity index (χ0) is 14.4. The van der Waals surface area contributed by atoms with Gasteiger partial charge in [0, 0.05) is 22.9 Å². The molecular weight excluding hydrogens is 266 g/mol. The number of ketones is 1. The number of fused-ring (bicyclic) bond motifs is 3. The Morgan fingerprint density at radius 1 is 1.14 bits per heavy atom. The number of aromatic amines is 1. The molecule has 1 aromatic carbocycles. The van der Waals surface area contributed by atoms with Crippen LogP contribution in [0.5, 0.6) is 0 Å². The van der Waals surface area contributed by atoms with Gasteiger partial charge in [-0.05, 0) is 36.6 Å². The van der Waals surface area contributed by atoms with Crippen molar-refractivity contribution in [1.82, 2.24) is 4.98 Å². The molecule has 2 heterocycles. The van der Waals surface area contributed by atoms with Crippen molar-refractivity contribution < 1.29 is 14.0 Å². The van der Waals surface area contributed by atoms with E-state index in [0.717, 1.165) is 40.6 Å². The van der Waals surface area contributed by atoms with E-state index in [1.807, 2.05) is 18.2 Å². The minimum Gasteiger partial charge on any atom is -0.453 e. The molecule has 2 aromatic heterocycles. The van der Waals surface area contributed by atoms with Crippen LogP contribution in [0.25, 0.3) is 22.2 Å². The first-order valence-corrected chi connectivity index (χ1v) is 6.99. The highest BCUT2D eigenvalue weighted by atomic mass is 16.3. The van der Waals surface area contributed by atoms with Gasteiger partial charge in [-0.2, -0.15) is 0 Å². The summed E-state index contributed by atoms with van der Waals surface area (Å²) in [5.74, 6) is 1.15. The van der Waals surface area contributed by atoms with Crippen LogP contribution in [0.2, 0.25) is 0 Å². The monoisotopic (exact) mass is 279 g/mol. The number of furan rings is 1. The minimum atomic E-state index is 0.190. The highest BCUT2D eigenvalue weighted by Crippen LogP contribution is 2.32. The third-order valence-electron chi connectivity index (χ3n) is 4.04. The lowest BCUT2D eigenvalue weighted by atomic mass is 9.94. The zero-order valence-electron chi connectivity index (χ0n) is 11.3. The summed E-state index contributed by atoms with van der Waals surface area (Å²) in [6.07, 6.45) is 3.17. The topological polar surface area (TPSA) is 63.1 Å². The number of H-pyrrole nitrogens is 1. The number of rotatable bonds is 2. The second kappa shape index (κ2) is 4.45. The smallest absolute Gasteiger partial charge is 0.185 e. The summed E-state index contributed by atoms with van der Waals surface area (Å²) in [6.45, 7) is 0. The molecule has 0 radical (unpaired) electrons. The van der Waals surface area contributed by atoms with Gasteiger partial charge in [0.25, 0.3) is 0 Å². The number of carbonyl (C=O) groups is 2. The third-order valence-corrected chi connectivity index (χ3v) is 4.04. The van der Waals surface area contributed by atoms with E-state index in [9.17, 15) is 9.59 Å². The number of aromatic nitrogens is 1. The maximum absolute atomic E-state index is 12.0. The van der Waals surface area contributed by atoms with E-state index in [0.29, 0.717) is 24.2 Å². The summed E-state index contributed by atoms with van der Waals surface area (Å²) in [5.41, 5.74) is 3.71. The Hall–Kier alpha value is -2.62. The number of nitrogens with one attached hydrogen (secondary N) is 1. The molecule has 4 nitrogen and oxygen atoms in total. The van der Waals surface area contributed by atoms with E-state index in [4.69, 9.17) is 4.42 Å². The highest BCUT2D eigenvalue weighted by molar-refractivity contribution is 6.03. The van der Waals surface area contributed by atoms with Gasteiger partial charge in [0.1, 0.15) is 5.76 Å². The molecule has 0 spiro atoms. The Kier molecular flexibility index (Phi) is 2.57. The van der Waals surface area contributed by atoms with Gasteiger partial charge in [0.15, 0.2) is 17.8 Å². The molecule has 3 aromatic rings. The van der Waals surface area contributed by atoms with Gasteiger partial charge in [-0.25, -0.2) is 0 Å². The predicted octanol–water partition coefficient (Wildman–Crippen LogP) is 3.76. The number of hydrogen-bond acceptors (Lipinski definition) is 3. The van der Waals surface area contributed by atoms with E-state index in [-0.39, 0.29) is 5.78 Å². The summed E-state index contributed by atoms with van der Waals surface area (Å²) in [4.78, 5) is 25.9. The summed E-state index contributed by atoms with van der Waals surface area (Å²) in [7, 11) is 0. The van der Waals surface area contributed by atoms with Gasteiger partial charge in [-0.15, -0.1) is 0 Å². The average Bonchev–Trinajstić information content (AvgIpc) is 3.11. The Labute approximate surface area is 120 Å². The van der Waals surface area contributed by atoms with Gasteiger partial charge in [-0.3, -0.25) is 9.59 Å². The number of aryl methyl sites for hydroxylation is 1. The van der Waals surface area contributed by atoms with Crippen molar-refractivity contribution in [3.63, 3.8) is 0 Å². The van der Waals surface area contributed by atoms with Crippen LogP contribution >= 0.6 is 0 Å². The largest absolute Gasteiger partial charge is 0.453 e. The van der Waals surface area contributed by atoms with E-state index in [1.54, 1.807) is 12.1 Å². The molecule has 0 atom stereocenters. The van der Waals surface area contributed by atoms with Crippen LogP contribution in [-0.4, -0.2) is 17.1 Å². The molecule has 4 rings (SSSR count). The van der Waals surface area contributed by atoms with Gasteiger partial charge in [0.05, 0.1) is 5.69 Å². The molecule has 0 fully saturated rings. The van der Waals surface area contributed by atoms with Crippen molar-refractivity contribution in [2.75, 3.05) is 0 Å². The average molecular weight is 279 g/mol. The van der Waals surface area contributed by atoms with Gasteiger partial charge >= 0.3 is 0 Å². The second-order valence-electron chi connectivity index (χ2n) is 5.34. The van der Waals surface area contributed by atoms with Crippen LogP contribution in [0.1, 0.15) is 39.4 Å². The van der Waals surface area contributed by atoms with Crippen LogP contribution in [0.15, 0.2) is 34.7 Å². The van der Waals surface area contributed by atoms with Crippen LogP contribution in [0.3, 0.4) is 0 Å². The Bertz CT molecular complexity index is 869. The molecule has 0 saturated carbocycles. The number of benzene rings is 1. The van der Waals surface area contributed by atoms with Crippen molar-refractivity contribution in [2.45, 2.75) is 19.3 Å². The molecule has 21 heavy (non-hydrogen) atoms. The summed E-state index contributed by atoms with van der Waals surface area (Å²) < 4.78 is 5.44. The summed E-state index contributed by atoms with van der Waals surface area (Å²) in [6, 6.07) is 9.37.